The molecule has 1 N–H and O–H groups in total. The highest BCUT2D eigenvalue weighted by Gasteiger charge is 2.08. The molecule has 0 aliphatic carbocycles. The fraction of sp³-hybridized carbons (Fsp3) is 0.667. The smallest absolute Gasteiger partial charge is 0.293 e. The van der Waals surface area contributed by atoms with Crippen molar-refractivity contribution < 1.29 is 4.74 Å². The number of hydrogen-bond donors (Lipinski definition) is 1. The first-order valence-electron chi connectivity index (χ1n) is 5.85. The van der Waals surface area contributed by atoms with Crippen molar-refractivity contribution in [3.8, 4) is 0 Å². The molecular weight excluding hydrogens is 218 g/mol. The summed E-state index contributed by atoms with van der Waals surface area (Å²) in [5, 5.41) is 3.06. The Kier molecular flexibility index (Phi) is 5.15. The first-order valence-corrected chi connectivity index (χ1v) is 5.85. The minimum absolute atomic E-state index is 0.0649. The molecule has 0 amide bonds. The van der Waals surface area contributed by atoms with Crippen molar-refractivity contribution in [2.75, 3.05) is 19.0 Å². The third-order valence-corrected chi connectivity index (χ3v) is 2.28. The Bertz CT molecular complexity index is 401. The second-order valence-corrected chi connectivity index (χ2v) is 4.63. The standard InChI is InChI=1S/C12H21N3O2/c1-9(2)7-15-6-5-13-11(12(15)16)14-10(3)8-17-4/h5-6,9-10H,7-8H2,1-4H3,(H,13,14). The second kappa shape index (κ2) is 6.39. The van der Waals surface area contributed by atoms with E-state index in [9.17, 15) is 4.79 Å². The van der Waals surface area contributed by atoms with Gasteiger partial charge in [0, 0.05) is 32.1 Å². The maximum absolute atomic E-state index is 12.0. The minimum Gasteiger partial charge on any atom is -0.383 e. The summed E-state index contributed by atoms with van der Waals surface area (Å²) in [7, 11) is 1.63. The summed E-state index contributed by atoms with van der Waals surface area (Å²) in [6.07, 6.45) is 3.36. The molecule has 1 aromatic rings. The van der Waals surface area contributed by atoms with Crippen molar-refractivity contribution in [3.63, 3.8) is 0 Å². The number of nitrogens with one attached hydrogen (secondary N) is 1. The van der Waals surface area contributed by atoms with E-state index in [1.807, 2.05) is 6.92 Å². The molecule has 1 unspecified atom stereocenters. The van der Waals surface area contributed by atoms with Crippen LogP contribution in [0.4, 0.5) is 5.82 Å². The molecule has 5 heteroatoms. The number of anilines is 1. The van der Waals surface area contributed by atoms with Gasteiger partial charge < -0.3 is 14.6 Å². The summed E-state index contributed by atoms with van der Waals surface area (Å²) in [4.78, 5) is 16.1. The van der Waals surface area contributed by atoms with Gasteiger partial charge in [0.25, 0.3) is 5.56 Å². The van der Waals surface area contributed by atoms with Crippen molar-refractivity contribution in [1.29, 1.82) is 0 Å². The molecule has 5 nitrogen and oxygen atoms in total. The zero-order valence-electron chi connectivity index (χ0n) is 10.9. The van der Waals surface area contributed by atoms with Crippen molar-refractivity contribution in [2.45, 2.75) is 33.4 Å². The van der Waals surface area contributed by atoms with Gasteiger partial charge in [0.05, 0.1) is 6.61 Å². The number of hydrogen-bond acceptors (Lipinski definition) is 4. The molecule has 1 aromatic heterocycles. The average molecular weight is 239 g/mol. The Morgan fingerprint density at radius 1 is 1.47 bits per heavy atom. The largest absolute Gasteiger partial charge is 0.383 e. The lowest BCUT2D eigenvalue weighted by Gasteiger charge is -2.14. The highest BCUT2D eigenvalue weighted by molar-refractivity contribution is 5.31. The van der Waals surface area contributed by atoms with Gasteiger partial charge in [-0.25, -0.2) is 4.98 Å². The maximum Gasteiger partial charge on any atom is 0.293 e. The van der Waals surface area contributed by atoms with Crippen LogP contribution in [-0.4, -0.2) is 29.3 Å². The third-order valence-electron chi connectivity index (χ3n) is 2.28. The molecular formula is C12H21N3O2. The van der Waals surface area contributed by atoms with Gasteiger partial charge in [0.15, 0.2) is 5.82 Å². The highest BCUT2D eigenvalue weighted by Crippen LogP contribution is 2.00. The Hall–Kier alpha value is -1.36. The topological polar surface area (TPSA) is 56.1 Å². The molecule has 96 valence electrons. The molecule has 1 rings (SSSR count). The van der Waals surface area contributed by atoms with Gasteiger partial charge in [-0.2, -0.15) is 0 Å². The molecule has 1 atom stereocenters. The van der Waals surface area contributed by atoms with Crippen LogP contribution in [0.1, 0.15) is 20.8 Å². The van der Waals surface area contributed by atoms with Gasteiger partial charge in [0.1, 0.15) is 0 Å². The van der Waals surface area contributed by atoms with E-state index in [1.54, 1.807) is 24.1 Å². The molecule has 0 saturated carbocycles. The van der Waals surface area contributed by atoms with E-state index in [1.165, 1.54) is 0 Å². The summed E-state index contributed by atoms with van der Waals surface area (Å²) < 4.78 is 6.69. The van der Waals surface area contributed by atoms with E-state index in [4.69, 9.17) is 4.74 Å². The fourth-order valence-corrected chi connectivity index (χ4v) is 1.61. The molecule has 17 heavy (non-hydrogen) atoms. The molecule has 0 radical (unpaired) electrons. The van der Waals surface area contributed by atoms with Crippen LogP contribution in [-0.2, 0) is 11.3 Å². The van der Waals surface area contributed by atoms with Gasteiger partial charge >= 0.3 is 0 Å². The molecule has 0 saturated heterocycles. The second-order valence-electron chi connectivity index (χ2n) is 4.63. The van der Waals surface area contributed by atoms with Gasteiger partial charge in [-0.15, -0.1) is 0 Å². The number of nitrogens with zero attached hydrogens (tertiary/aromatic N) is 2. The van der Waals surface area contributed by atoms with Crippen molar-refractivity contribution in [2.24, 2.45) is 5.92 Å². The van der Waals surface area contributed by atoms with Crippen molar-refractivity contribution >= 4 is 5.82 Å². The zero-order chi connectivity index (χ0) is 12.8. The van der Waals surface area contributed by atoms with E-state index in [0.717, 1.165) is 0 Å². The lowest BCUT2D eigenvalue weighted by atomic mass is 10.2. The third kappa shape index (κ3) is 4.19. The molecule has 0 fully saturated rings. The Balaban J connectivity index is 2.83. The van der Waals surface area contributed by atoms with Crippen LogP contribution in [0.5, 0.6) is 0 Å². The minimum atomic E-state index is -0.0795. The SMILES string of the molecule is COCC(C)Nc1nccn(CC(C)C)c1=O. The van der Waals surface area contributed by atoms with Gasteiger partial charge in [0.2, 0.25) is 0 Å². The average Bonchev–Trinajstić information content (AvgIpc) is 2.23. The maximum atomic E-state index is 12.0. The number of aromatic nitrogens is 2. The molecule has 0 aromatic carbocycles. The Labute approximate surface area is 102 Å². The van der Waals surface area contributed by atoms with E-state index in [-0.39, 0.29) is 11.6 Å². The first-order chi connectivity index (χ1) is 8.04. The van der Waals surface area contributed by atoms with E-state index < -0.39 is 0 Å². The van der Waals surface area contributed by atoms with Crippen molar-refractivity contribution in [1.82, 2.24) is 9.55 Å². The van der Waals surface area contributed by atoms with E-state index >= 15 is 0 Å². The Morgan fingerprint density at radius 3 is 2.76 bits per heavy atom. The van der Waals surface area contributed by atoms with Gasteiger partial charge in [-0.1, -0.05) is 13.8 Å². The number of rotatable bonds is 6. The zero-order valence-corrected chi connectivity index (χ0v) is 10.9. The molecule has 0 spiro atoms. The molecule has 1 heterocycles. The normalized spacial score (nSPS) is 12.8. The van der Waals surface area contributed by atoms with Crippen LogP contribution in [0, 0.1) is 5.92 Å². The van der Waals surface area contributed by atoms with E-state index in [2.05, 4.69) is 24.1 Å². The van der Waals surface area contributed by atoms with Crippen molar-refractivity contribution in [3.05, 3.63) is 22.7 Å². The predicted octanol–water partition coefficient (Wildman–Crippen LogP) is 1.35. The van der Waals surface area contributed by atoms with Crippen LogP contribution < -0.4 is 10.9 Å². The van der Waals surface area contributed by atoms with E-state index in [0.29, 0.717) is 24.9 Å². The molecule has 0 bridgehead atoms. The number of ether oxygens (including phenoxy) is 1. The summed E-state index contributed by atoms with van der Waals surface area (Å²) in [6.45, 7) is 7.35. The predicted molar refractivity (Wildman–Crippen MR) is 68.3 cm³/mol. The van der Waals surface area contributed by atoms with Crippen LogP contribution >= 0.6 is 0 Å². The van der Waals surface area contributed by atoms with Crippen LogP contribution in [0.15, 0.2) is 17.2 Å². The van der Waals surface area contributed by atoms with Gasteiger partial charge in [-0.05, 0) is 12.8 Å². The van der Waals surface area contributed by atoms with Crippen LogP contribution in [0.2, 0.25) is 0 Å². The number of methoxy groups -OCH3 is 1. The van der Waals surface area contributed by atoms with Gasteiger partial charge in [-0.3, -0.25) is 4.79 Å². The molecule has 0 aliphatic heterocycles. The van der Waals surface area contributed by atoms with Crippen LogP contribution in [0.25, 0.3) is 0 Å². The summed E-state index contributed by atoms with van der Waals surface area (Å²) in [5.41, 5.74) is -0.0795. The lowest BCUT2D eigenvalue weighted by Crippen LogP contribution is -2.30. The fourth-order valence-electron chi connectivity index (χ4n) is 1.61. The highest BCUT2D eigenvalue weighted by atomic mass is 16.5. The monoisotopic (exact) mass is 239 g/mol. The summed E-state index contributed by atoms with van der Waals surface area (Å²) >= 11 is 0. The quantitative estimate of drug-likeness (QED) is 0.814. The van der Waals surface area contributed by atoms with Crippen LogP contribution in [0.3, 0.4) is 0 Å². The Morgan fingerprint density at radius 2 is 2.18 bits per heavy atom. The summed E-state index contributed by atoms with van der Waals surface area (Å²) in [6, 6.07) is 0.0649. The summed E-state index contributed by atoms with van der Waals surface area (Å²) in [5.74, 6) is 0.817. The lowest BCUT2D eigenvalue weighted by molar-refractivity contribution is 0.190. The first kappa shape index (κ1) is 13.7. The molecule has 0 aliphatic rings.